The molecule has 0 heterocycles. The van der Waals surface area contributed by atoms with Gasteiger partial charge in [0.15, 0.2) is 11.5 Å². The highest BCUT2D eigenvalue weighted by Crippen LogP contribution is 2.29. The summed E-state index contributed by atoms with van der Waals surface area (Å²) in [5, 5.41) is 3.55. The summed E-state index contributed by atoms with van der Waals surface area (Å²) in [5.74, 6) is 1.52. The SMILES string of the molecule is COc1cc(CN[C@H](C)c2ccccc2)ccc1OCc1ccc(C)cc1. The van der Waals surface area contributed by atoms with E-state index in [9.17, 15) is 0 Å². The van der Waals surface area contributed by atoms with Gasteiger partial charge < -0.3 is 14.8 Å². The Balaban J connectivity index is 1.60. The second kappa shape index (κ2) is 9.24. The Kier molecular flexibility index (Phi) is 6.50. The van der Waals surface area contributed by atoms with Crippen LogP contribution in [0.3, 0.4) is 0 Å². The highest BCUT2D eigenvalue weighted by molar-refractivity contribution is 5.43. The fraction of sp³-hybridized carbons (Fsp3) is 0.250. The molecule has 140 valence electrons. The van der Waals surface area contributed by atoms with E-state index in [0.29, 0.717) is 6.61 Å². The Hall–Kier alpha value is -2.78. The number of methoxy groups -OCH3 is 1. The summed E-state index contributed by atoms with van der Waals surface area (Å²) >= 11 is 0. The first-order valence-corrected chi connectivity index (χ1v) is 9.29. The zero-order chi connectivity index (χ0) is 19.1. The van der Waals surface area contributed by atoms with Crippen molar-refractivity contribution >= 4 is 0 Å². The summed E-state index contributed by atoms with van der Waals surface area (Å²) in [4.78, 5) is 0. The average molecular weight is 361 g/mol. The quantitative estimate of drug-likeness (QED) is 0.580. The normalized spacial score (nSPS) is 11.8. The molecule has 0 aliphatic rings. The number of nitrogens with one attached hydrogen (secondary N) is 1. The van der Waals surface area contributed by atoms with Crippen LogP contribution in [-0.4, -0.2) is 7.11 Å². The second-order valence-electron chi connectivity index (χ2n) is 6.77. The van der Waals surface area contributed by atoms with Crippen LogP contribution >= 0.6 is 0 Å². The third-order valence-corrected chi connectivity index (χ3v) is 4.65. The smallest absolute Gasteiger partial charge is 0.161 e. The van der Waals surface area contributed by atoms with Gasteiger partial charge in [0.25, 0.3) is 0 Å². The lowest BCUT2D eigenvalue weighted by atomic mass is 10.1. The summed E-state index contributed by atoms with van der Waals surface area (Å²) in [5.41, 5.74) is 4.84. The van der Waals surface area contributed by atoms with E-state index in [-0.39, 0.29) is 6.04 Å². The first-order valence-electron chi connectivity index (χ1n) is 9.29. The lowest BCUT2D eigenvalue weighted by molar-refractivity contribution is 0.284. The lowest BCUT2D eigenvalue weighted by Gasteiger charge is -2.16. The number of ether oxygens (including phenoxy) is 2. The summed E-state index contributed by atoms with van der Waals surface area (Å²) in [6, 6.07) is 25.2. The Morgan fingerprint density at radius 3 is 2.26 bits per heavy atom. The molecular formula is C24H27NO2. The number of benzene rings is 3. The van der Waals surface area contributed by atoms with Crippen LogP contribution in [-0.2, 0) is 13.2 Å². The molecule has 0 saturated carbocycles. The molecule has 0 aromatic heterocycles. The van der Waals surface area contributed by atoms with E-state index in [1.807, 2.05) is 18.2 Å². The van der Waals surface area contributed by atoms with Gasteiger partial charge in [-0.1, -0.05) is 66.2 Å². The number of rotatable bonds is 8. The first-order chi connectivity index (χ1) is 13.2. The van der Waals surface area contributed by atoms with Crippen molar-refractivity contribution in [2.75, 3.05) is 7.11 Å². The average Bonchev–Trinajstić information content (AvgIpc) is 2.72. The molecule has 0 aliphatic carbocycles. The monoisotopic (exact) mass is 361 g/mol. The summed E-state index contributed by atoms with van der Waals surface area (Å²) in [7, 11) is 1.68. The lowest BCUT2D eigenvalue weighted by Crippen LogP contribution is -2.18. The van der Waals surface area contributed by atoms with Gasteiger partial charge in [-0.05, 0) is 42.7 Å². The molecule has 1 atom stereocenters. The molecule has 27 heavy (non-hydrogen) atoms. The van der Waals surface area contributed by atoms with E-state index in [2.05, 4.69) is 73.8 Å². The van der Waals surface area contributed by atoms with Crippen molar-refractivity contribution < 1.29 is 9.47 Å². The maximum atomic E-state index is 5.96. The highest BCUT2D eigenvalue weighted by atomic mass is 16.5. The molecule has 0 bridgehead atoms. The molecule has 3 aromatic rings. The molecule has 0 amide bonds. The Labute approximate surface area is 162 Å². The van der Waals surface area contributed by atoms with E-state index in [1.54, 1.807) is 7.11 Å². The van der Waals surface area contributed by atoms with Crippen LogP contribution in [0, 0.1) is 6.92 Å². The minimum Gasteiger partial charge on any atom is -0.493 e. The molecule has 3 heteroatoms. The minimum atomic E-state index is 0.287. The van der Waals surface area contributed by atoms with E-state index in [0.717, 1.165) is 29.2 Å². The zero-order valence-electron chi connectivity index (χ0n) is 16.2. The van der Waals surface area contributed by atoms with Crippen molar-refractivity contribution in [1.82, 2.24) is 5.32 Å². The fourth-order valence-corrected chi connectivity index (χ4v) is 2.92. The summed E-state index contributed by atoms with van der Waals surface area (Å²) in [6.45, 7) is 5.55. The molecule has 0 radical (unpaired) electrons. The molecule has 0 saturated heterocycles. The molecule has 0 unspecified atom stereocenters. The molecule has 3 rings (SSSR count). The Bertz CT molecular complexity index is 844. The maximum absolute atomic E-state index is 5.96. The van der Waals surface area contributed by atoms with Gasteiger partial charge in [0.2, 0.25) is 0 Å². The fourth-order valence-electron chi connectivity index (χ4n) is 2.92. The third kappa shape index (κ3) is 5.35. The van der Waals surface area contributed by atoms with Crippen molar-refractivity contribution in [2.45, 2.75) is 33.0 Å². The van der Waals surface area contributed by atoms with E-state index in [1.165, 1.54) is 11.1 Å². The summed E-state index contributed by atoms with van der Waals surface area (Å²) in [6.07, 6.45) is 0. The van der Waals surface area contributed by atoms with Gasteiger partial charge in [0.05, 0.1) is 7.11 Å². The van der Waals surface area contributed by atoms with Crippen molar-refractivity contribution in [3.8, 4) is 11.5 Å². The van der Waals surface area contributed by atoms with Gasteiger partial charge in [-0.3, -0.25) is 0 Å². The zero-order valence-corrected chi connectivity index (χ0v) is 16.2. The molecule has 0 fully saturated rings. The van der Waals surface area contributed by atoms with Gasteiger partial charge in [-0.15, -0.1) is 0 Å². The van der Waals surface area contributed by atoms with E-state index in [4.69, 9.17) is 9.47 Å². The van der Waals surface area contributed by atoms with Crippen molar-refractivity contribution in [3.63, 3.8) is 0 Å². The van der Waals surface area contributed by atoms with E-state index < -0.39 is 0 Å². The second-order valence-corrected chi connectivity index (χ2v) is 6.77. The van der Waals surface area contributed by atoms with Crippen LogP contribution in [0.5, 0.6) is 11.5 Å². The largest absolute Gasteiger partial charge is 0.493 e. The topological polar surface area (TPSA) is 30.5 Å². The Morgan fingerprint density at radius 2 is 1.56 bits per heavy atom. The van der Waals surface area contributed by atoms with Gasteiger partial charge in [0, 0.05) is 12.6 Å². The third-order valence-electron chi connectivity index (χ3n) is 4.65. The van der Waals surface area contributed by atoms with Crippen molar-refractivity contribution in [1.29, 1.82) is 0 Å². The Morgan fingerprint density at radius 1 is 0.852 bits per heavy atom. The first kappa shape index (κ1) is 19.0. The van der Waals surface area contributed by atoms with Crippen LogP contribution in [0.2, 0.25) is 0 Å². The van der Waals surface area contributed by atoms with Crippen LogP contribution in [0.15, 0.2) is 72.8 Å². The number of hydrogen-bond donors (Lipinski definition) is 1. The number of aryl methyl sites for hydroxylation is 1. The van der Waals surface area contributed by atoms with E-state index >= 15 is 0 Å². The van der Waals surface area contributed by atoms with Crippen LogP contribution < -0.4 is 14.8 Å². The number of hydrogen-bond acceptors (Lipinski definition) is 3. The molecule has 0 aliphatic heterocycles. The molecule has 0 spiro atoms. The predicted octanol–water partition coefficient (Wildman–Crippen LogP) is 5.43. The summed E-state index contributed by atoms with van der Waals surface area (Å²) < 4.78 is 11.5. The van der Waals surface area contributed by atoms with Crippen LogP contribution in [0.25, 0.3) is 0 Å². The van der Waals surface area contributed by atoms with Gasteiger partial charge >= 0.3 is 0 Å². The van der Waals surface area contributed by atoms with Gasteiger partial charge in [0.1, 0.15) is 6.61 Å². The van der Waals surface area contributed by atoms with Gasteiger partial charge in [-0.25, -0.2) is 0 Å². The molecule has 3 nitrogen and oxygen atoms in total. The molecule has 1 N–H and O–H groups in total. The predicted molar refractivity (Wildman–Crippen MR) is 110 cm³/mol. The van der Waals surface area contributed by atoms with Crippen molar-refractivity contribution in [2.24, 2.45) is 0 Å². The molecule has 3 aromatic carbocycles. The van der Waals surface area contributed by atoms with Crippen LogP contribution in [0.4, 0.5) is 0 Å². The van der Waals surface area contributed by atoms with Crippen LogP contribution in [0.1, 0.15) is 35.2 Å². The standard InChI is InChI=1S/C24H27NO2/c1-18-9-11-20(12-10-18)17-27-23-14-13-21(15-24(23)26-3)16-25-19(2)22-7-5-4-6-8-22/h4-15,19,25H,16-17H2,1-3H3/t19-/m1/s1. The van der Waals surface area contributed by atoms with Gasteiger partial charge in [-0.2, -0.15) is 0 Å². The highest BCUT2D eigenvalue weighted by Gasteiger charge is 2.08. The maximum Gasteiger partial charge on any atom is 0.161 e. The minimum absolute atomic E-state index is 0.287. The molecular weight excluding hydrogens is 334 g/mol. The van der Waals surface area contributed by atoms with Crippen molar-refractivity contribution in [3.05, 3.63) is 95.1 Å².